The molecule has 0 aliphatic carbocycles. The summed E-state index contributed by atoms with van der Waals surface area (Å²) in [4.78, 5) is 12.9. The third-order valence-electron chi connectivity index (χ3n) is 2.53. The van der Waals surface area contributed by atoms with Crippen LogP contribution in [0.1, 0.15) is 26.1 Å². The van der Waals surface area contributed by atoms with Gasteiger partial charge in [-0.05, 0) is 29.3 Å². The van der Waals surface area contributed by atoms with E-state index in [-0.39, 0.29) is 0 Å². The van der Waals surface area contributed by atoms with Crippen LogP contribution in [0.4, 0.5) is 5.82 Å². The molecule has 2 aromatic rings. The average Bonchev–Trinajstić information content (AvgIpc) is 2.81. The lowest BCUT2D eigenvalue weighted by molar-refractivity contribution is 0.793. The predicted octanol–water partition coefficient (Wildman–Crippen LogP) is 2.81. The third-order valence-corrected chi connectivity index (χ3v) is 3.26. The van der Waals surface area contributed by atoms with E-state index in [1.54, 1.807) is 12.5 Å². The van der Waals surface area contributed by atoms with E-state index in [1.807, 2.05) is 17.7 Å². The summed E-state index contributed by atoms with van der Waals surface area (Å²) in [5.74, 6) is 2.64. The van der Waals surface area contributed by atoms with Crippen LogP contribution < -0.4 is 5.32 Å². The van der Waals surface area contributed by atoms with Gasteiger partial charge in [-0.15, -0.1) is 0 Å². The van der Waals surface area contributed by atoms with Gasteiger partial charge < -0.3 is 5.32 Å². The number of rotatable bonds is 5. The van der Waals surface area contributed by atoms with Crippen LogP contribution in [0.5, 0.6) is 0 Å². The van der Waals surface area contributed by atoms with Crippen molar-refractivity contribution >= 4 is 21.7 Å². The molecule has 0 saturated heterocycles. The van der Waals surface area contributed by atoms with Crippen LogP contribution in [-0.4, -0.2) is 26.1 Å². The van der Waals surface area contributed by atoms with Crippen molar-refractivity contribution in [1.82, 2.24) is 19.5 Å². The molecule has 0 aromatic carbocycles. The second-order valence-corrected chi connectivity index (χ2v) is 4.65. The predicted molar refractivity (Wildman–Crippen MR) is 75.0 cm³/mol. The first-order valence-electron chi connectivity index (χ1n) is 6.04. The van der Waals surface area contributed by atoms with Gasteiger partial charge in [0.25, 0.3) is 0 Å². The molecular formula is C12H16BrN5. The van der Waals surface area contributed by atoms with Gasteiger partial charge >= 0.3 is 0 Å². The molecule has 0 saturated carbocycles. The summed E-state index contributed by atoms with van der Waals surface area (Å²) in [6.07, 6.45) is 7.27. The van der Waals surface area contributed by atoms with Gasteiger partial charge in [-0.3, -0.25) is 4.57 Å². The van der Waals surface area contributed by atoms with Crippen LogP contribution in [0.3, 0.4) is 0 Å². The van der Waals surface area contributed by atoms with Gasteiger partial charge in [0, 0.05) is 25.4 Å². The highest BCUT2D eigenvalue weighted by Gasteiger charge is 2.12. The molecule has 0 bridgehead atoms. The number of hydrogen-bond donors (Lipinski definition) is 1. The molecular weight excluding hydrogens is 294 g/mol. The fraction of sp³-hybridized carbons (Fsp3) is 0.417. The van der Waals surface area contributed by atoms with E-state index in [0.717, 1.165) is 41.3 Å². The van der Waals surface area contributed by atoms with Crippen LogP contribution in [0.15, 0.2) is 23.2 Å². The lowest BCUT2D eigenvalue weighted by Gasteiger charge is -2.11. The lowest BCUT2D eigenvalue weighted by atomic mass is 10.3. The van der Waals surface area contributed by atoms with Gasteiger partial charge in [0.2, 0.25) is 0 Å². The zero-order valence-electron chi connectivity index (χ0n) is 10.5. The fourth-order valence-electron chi connectivity index (χ4n) is 1.75. The topological polar surface area (TPSA) is 55.6 Å². The average molecular weight is 310 g/mol. The molecule has 18 heavy (non-hydrogen) atoms. The summed E-state index contributed by atoms with van der Waals surface area (Å²) < 4.78 is 2.86. The number of anilines is 1. The molecule has 5 nitrogen and oxygen atoms in total. The quantitative estimate of drug-likeness (QED) is 0.922. The standard InChI is InChI=1S/C12H16BrN5/c1-3-5-9-15-6-7-18(9)12-10(13)11(14-4-2)16-8-17-12/h6-8H,3-5H2,1-2H3,(H,14,16,17). The summed E-state index contributed by atoms with van der Waals surface area (Å²) in [5.41, 5.74) is 0. The molecule has 2 rings (SSSR count). The molecule has 0 radical (unpaired) electrons. The Morgan fingerprint density at radius 1 is 1.28 bits per heavy atom. The van der Waals surface area contributed by atoms with Crippen LogP contribution >= 0.6 is 15.9 Å². The molecule has 0 fully saturated rings. The van der Waals surface area contributed by atoms with Gasteiger partial charge in [-0.25, -0.2) is 15.0 Å². The minimum Gasteiger partial charge on any atom is -0.369 e. The minimum absolute atomic E-state index is 0.804. The second-order valence-electron chi connectivity index (χ2n) is 3.85. The van der Waals surface area contributed by atoms with Crippen LogP contribution in [-0.2, 0) is 6.42 Å². The number of hydrogen-bond acceptors (Lipinski definition) is 4. The molecule has 1 N–H and O–H groups in total. The zero-order valence-corrected chi connectivity index (χ0v) is 12.1. The van der Waals surface area contributed by atoms with Crippen molar-refractivity contribution < 1.29 is 0 Å². The molecule has 0 atom stereocenters. The van der Waals surface area contributed by atoms with Gasteiger partial charge in [-0.2, -0.15) is 0 Å². The summed E-state index contributed by atoms with van der Waals surface area (Å²) in [5, 5.41) is 3.20. The molecule has 2 heterocycles. The zero-order chi connectivity index (χ0) is 13.0. The Kier molecular flexibility index (Phi) is 4.30. The first kappa shape index (κ1) is 13.0. The van der Waals surface area contributed by atoms with E-state index in [2.05, 4.69) is 43.1 Å². The second kappa shape index (κ2) is 5.95. The Bertz CT molecular complexity index is 523. The molecule has 6 heteroatoms. The number of halogens is 1. The van der Waals surface area contributed by atoms with Crippen LogP contribution in [0.2, 0.25) is 0 Å². The first-order valence-corrected chi connectivity index (χ1v) is 6.84. The van der Waals surface area contributed by atoms with Crippen LogP contribution in [0.25, 0.3) is 5.82 Å². The van der Waals surface area contributed by atoms with Crippen molar-refractivity contribution in [2.24, 2.45) is 0 Å². The summed E-state index contributed by atoms with van der Waals surface area (Å²) >= 11 is 3.55. The van der Waals surface area contributed by atoms with Gasteiger partial charge in [0.1, 0.15) is 22.4 Å². The maximum atomic E-state index is 4.36. The van der Waals surface area contributed by atoms with Crippen molar-refractivity contribution in [3.05, 3.63) is 29.0 Å². The van der Waals surface area contributed by atoms with Crippen molar-refractivity contribution in [1.29, 1.82) is 0 Å². The van der Waals surface area contributed by atoms with E-state index >= 15 is 0 Å². The Balaban J connectivity index is 2.43. The van der Waals surface area contributed by atoms with E-state index in [4.69, 9.17) is 0 Å². The van der Waals surface area contributed by atoms with Crippen molar-refractivity contribution in [2.75, 3.05) is 11.9 Å². The Morgan fingerprint density at radius 2 is 2.11 bits per heavy atom. The fourth-order valence-corrected chi connectivity index (χ4v) is 2.29. The monoisotopic (exact) mass is 309 g/mol. The van der Waals surface area contributed by atoms with Gasteiger partial charge in [0.15, 0.2) is 5.82 Å². The minimum atomic E-state index is 0.804. The maximum absolute atomic E-state index is 4.36. The van der Waals surface area contributed by atoms with Crippen LogP contribution in [0, 0.1) is 0 Å². The molecule has 0 spiro atoms. The first-order chi connectivity index (χ1) is 8.77. The lowest BCUT2D eigenvalue weighted by Crippen LogP contribution is -2.07. The number of nitrogens with zero attached hydrogens (tertiary/aromatic N) is 4. The SMILES string of the molecule is CCCc1nccn1-c1ncnc(NCC)c1Br. The molecule has 96 valence electrons. The van der Waals surface area contributed by atoms with Crippen molar-refractivity contribution in [2.45, 2.75) is 26.7 Å². The number of imidazole rings is 1. The van der Waals surface area contributed by atoms with E-state index < -0.39 is 0 Å². The van der Waals surface area contributed by atoms with E-state index in [1.165, 1.54) is 0 Å². The number of aryl methyl sites for hydroxylation is 1. The van der Waals surface area contributed by atoms with E-state index in [0.29, 0.717) is 0 Å². The van der Waals surface area contributed by atoms with Gasteiger partial charge in [-0.1, -0.05) is 6.92 Å². The third kappa shape index (κ3) is 2.53. The molecule has 2 aromatic heterocycles. The Morgan fingerprint density at radius 3 is 2.83 bits per heavy atom. The summed E-state index contributed by atoms with van der Waals surface area (Å²) in [7, 11) is 0. The van der Waals surface area contributed by atoms with E-state index in [9.17, 15) is 0 Å². The Labute approximate surface area is 115 Å². The smallest absolute Gasteiger partial charge is 0.158 e. The van der Waals surface area contributed by atoms with Gasteiger partial charge in [0.05, 0.1) is 0 Å². The molecule has 0 unspecified atom stereocenters. The van der Waals surface area contributed by atoms with Crippen molar-refractivity contribution in [3.8, 4) is 5.82 Å². The summed E-state index contributed by atoms with van der Waals surface area (Å²) in [6.45, 7) is 4.99. The number of aromatic nitrogens is 4. The molecule has 0 aliphatic heterocycles. The molecule has 0 amide bonds. The summed E-state index contributed by atoms with van der Waals surface area (Å²) in [6, 6.07) is 0. The normalized spacial score (nSPS) is 10.6. The largest absolute Gasteiger partial charge is 0.369 e. The Hall–Kier alpha value is -1.43. The maximum Gasteiger partial charge on any atom is 0.158 e. The number of nitrogens with one attached hydrogen (secondary N) is 1. The van der Waals surface area contributed by atoms with Crippen molar-refractivity contribution in [3.63, 3.8) is 0 Å². The highest BCUT2D eigenvalue weighted by Crippen LogP contribution is 2.26. The highest BCUT2D eigenvalue weighted by molar-refractivity contribution is 9.10. The molecule has 0 aliphatic rings. The highest BCUT2D eigenvalue weighted by atomic mass is 79.9.